The van der Waals surface area contributed by atoms with E-state index in [1.54, 1.807) is 6.92 Å². The number of ether oxygens (including phenoxy) is 1. The molecule has 1 aliphatic rings. The zero-order valence-corrected chi connectivity index (χ0v) is 12.1. The molecule has 1 saturated heterocycles. The van der Waals surface area contributed by atoms with Gasteiger partial charge in [-0.05, 0) is 18.6 Å². The summed E-state index contributed by atoms with van der Waals surface area (Å²) in [5.41, 5.74) is 0.582. The predicted molar refractivity (Wildman–Crippen MR) is 74.7 cm³/mol. The lowest BCUT2D eigenvalue weighted by atomic mass is 10.0. The maximum absolute atomic E-state index is 13.1. The summed E-state index contributed by atoms with van der Waals surface area (Å²) in [5.74, 6) is -0.357. The van der Waals surface area contributed by atoms with Crippen LogP contribution in [0.5, 0.6) is 0 Å². The van der Waals surface area contributed by atoms with E-state index in [0.717, 1.165) is 23.8 Å². The van der Waals surface area contributed by atoms with Crippen molar-refractivity contribution in [2.75, 3.05) is 17.8 Å². The van der Waals surface area contributed by atoms with Crippen molar-refractivity contribution in [3.63, 3.8) is 0 Å². The molecule has 21 heavy (non-hydrogen) atoms. The number of methoxy groups -OCH3 is 1. The molecular formula is C13H13F3N2O2S. The highest BCUT2D eigenvalue weighted by Gasteiger charge is 2.44. The van der Waals surface area contributed by atoms with Crippen LogP contribution in [-0.2, 0) is 9.53 Å². The Morgan fingerprint density at radius 2 is 2.10 bits per heavy atom. The number of carbonyl (C=O) groups is 1. The first kappa shape index (κ1) is 15.8. The van der Waals surface area contributed by atoms with Crippen LogP contribution in [0.15, 0.2) is 18.2 Å². The lowest BCUT2D eigenvalue weighted by Crippen LogP contribution is -2.32. The fraction of sp³-hybridized carbons (Fsp3) is 0.385. The summed E-state index contributed by atoms with van der Waals surface area (Å²) in [6.45, 7) is 1.71. The molecule has 1 aromatic rings. The van der Waals surface area contributed by atoms with Gasteiger partial charge in [-0.25, -0.2) is 0 Å². The average molecular weight is 318 g/mol. The smallest absolute Gasteiger partial charge is 0.367 e. The number of anilines is 1. The van der Waals surface area contributed by atoms with Gasteiger partial charge in [0.2, 0.25) is 5.91 Å². The molecule has 1 aromatic carbocycles. The Bertz CT molecular complexity index is 573. The van der Waals surface area contributed by atoms with Gasteiger partial charge in [-0.15, -0.1) is 0 Å². The Morgan fingerprint density at radius 1 is 1.43 bits per heavy atom. The lowest BCUT2D eigenvalue weighted by Gasteiger charge is -2.25. The van der Waals surface area contributed by atoms with Crippen LogP contribution in [0.25, 0.3) is 0 Å². The number of benzene rings is 1. The first-order valence-electron chi connectivity index (χ1n) is 6.00. The Balaban J connectivity index is 2.57. The van der Waals surface area contributed by atoms with Gasteiger partial charge in [0.25, 0.3) is 0 Å². The molecule has 0 radical (unpaired) electrons. The van der Waals surface area contributed by atoms with Gasteiger partial charge in [-0.2, -0.15) is 13.2 Å². The van der Waals surface area contributed by atoms with Crippen LogP contribution in [0.1, 0.15) is 17.2 Å². The average Bonchev–Trinajstić information content (AvgIpc) is 2.70. The maximum Gasteiger partial charge on any atom is 0.418 e. The number of aryl methyl sites for hydroxylation is 1. The largest absolute Gasteiger partial charge is 0.418 e. The number of thioether (sulfide) groups is 1. The predicted octanol–water partition coefficient (Wildman–Crippen LogP) is 3.26. The summed E-state index contributed by atoms with van der Waals surface area (Å²) in [5, 5.41) is 7.66. The van der Waals surface area contributed by atoms with Crippen LogP contribution in [0, 0.1) is 12.3 Å². The highest BCUT2D eigenvalue weighted by atomic mass is 32.2. The molecule has 0 spiro atoms. The highest BCUT2D eigenvalue weighted by molar-refractivity contribution is 8.15. The number of rotatable bonds is 3. The monoisotopic (exact) mass is 318 g/mol. The fourth-order valence-electron chi connectivity index (χ4n) is 2.12. The van der Waals surface area contributed by atoms with Crippen molar-refractivity contribution < 1.29 is 22.7 Å². The van der Waals surface area contributed by atoms with Crippen molar-refractivity contribution in [3.05, 3.63) is 29.3 Å². The van der Waals surface area contributed by atoms with E-state index < -0.39 is 18.2 Å². The van der Waals surface area contributed by atoms with Crippen LogP contribution in [-0.4, -0.2) is 30.1 Å². The van der Waals surface area contributed by atoms with Crippen LogP contribution in [0.3, 0.4) is 0 Å². The quantitative estimate of drug-likeness (QED) is 0.930. The third kappa shape index (κ3) is 3.06. The molecule has 1 N–H and O–H groups in total. The van der Waals surface area contributed by atoms with Crippen molar-refractivity contribution in [1.82, 2.24) is 0 Å². The molecule has 2 rings (SSSR count). The van der Waals surface area contributed by atoms with Gasteiger partial charge in [0.1, 0.15) is 0 Å². The Labute approximate surface area is 123 Å². The zero-order valence-electron chi connectivity index (χ0n) is 11.3. The third-order valence-corrected chi connectivity index (χ3v) is 3.87. The fourth-order valence-corrected chi connectivity index (χ4v) is 2.84. The SMILES string of the molecule is COC(c1ccc(C)cc1N1C(=N)SCC1=O)C(F)(F)F. The normalized spacial score (nSPS) is 17.5. The molecule has 0 aromatic heterocycles. The van der Waals surface area contributed by atoms with Crippen LogP contribution in [0.2, 0.25) is 0 Å². The minimum Gasteiger partial charge on any atom is -0.367 e. The van der Waals surface area contributed by atoms with Gasteiger partial charge in [0.15, 0.2) is 11.3 Å². The number of nitrogens with zero attached hydrogens (tertiary/aromatic N) is 1. The van der Waals surface area contributed by atoms with Crippen molar-refractivity contribution in [1.29, 1.82) is 5.41 Å². The molecule has 4 nitrogen and oxygen atoms in total. The second-order valence-corrected chi connectivity index (χ2v) is 5.51. The molecule has 0 aliphatic carbocycles. The minimum absolute atomic E-state index is 0.0515. The van der Waals surface area contributed by atoms with E-state index in [4.69, 9.17) is 5.41 Å². The number of amides is 1. The second kappa shape index (κ2) is 5.69. The van der Waals surface area contributed by atoms with Crippen molar-refractivity contribution in [3.8, 4) is 0 Å². The summed E-state index contributed by atoms with van der Waals surface area (Å²) < 4.78 is 43.8. The van der Waals surface area contributed by atoms with E-state index in [1.165, 1.54) is 18.2 Å². The standard InChI is InChI=1S/C13H13F3N2O2S/c1-7-3-4-8(11(20-2)13(14,15)16)9(5-7)18-10(19)6-21-12(18)17/h3-5,11,17H,6H2,1-2H3. The number of hydrogen-bond donors (Lipinski definition) is 1. The Hall–Kier alpha value is -1.54. The summed E-state index contributed by atoms with van der Waals surface area (Å²) in [4.78, 5) is 12.9. The number of carbonyl (C=O) groups excluding carboxylic acids is 1. The van der Waals surface area contributed by atoms with E-state index in [9.17, 15) is 18.0 Å². The third-order valence-electron chi connectivity index (χ3n) is 3.03. The minimum atomic E-state index is -4.60. The second-order valence-electron chi connectivity index (χ2n) is 4.54. The number of hydrogen-bond acceptors (Lipinski definition) is 4. The van der Waals surface area contributed by atoms with Gasteiger partial charge in [0.05, 0.1) is 11.4 Å². The summed E-state index contributed by atoms with van der Waals surface area (Å²) in [6, 6.07) is 4.27. The van der Waals surface area contributed by atoms with Gasteiger partial charge >= 0.3 is 6.18 Å². The van der Waals surface area contributed by atoms with Gasteiger partial charge < -0.3 is 4.74 Å². The number of nitrogens with one attached hydrogen (secondary N) is 1. The van der Waals surface area contributed by atoms with E-state index in [1.807, 2.05) is 0 Å². The molecule has 1 heterocycles. The zero-order chi connectivity index (χ0) is 15.8. The summed E-state index contributed by atoms with van der Waals surface area (Å²) in [6.07, 6.45) is -6.74. The molecular weight excluding hydrogens is 305 g/mol. The van der Waals surface area contributed by atoms with E-state index in [2.05, 4.69) is 4.74 Å². The van der Waals surface area contributed by atoms with Crippen molar-refractivity contribution in [2.24, 2.45) is 0 Å². The van der Waals surface area contributed by atoms with E-state index in [-0.39, 0.29) is 22.2 Å². The molecule has 1 unspecified atom stereocenters. The van der Waals surface area contributed by atoms with Crippen LogP contribution in [0.4, 0.5) is 18.9 Å². The van der Waals surface area contributed by atoms with E-state index >= 15 is 0 Å². The van der Waals surface area contributed by atoms with Crippen LogP contribution >= 0.6 is 11.8 Å². The number of alkyl halides is 3. The number of amidine groups is 1. The molecule has 1 aliphatic heterocycles. The van der Waals surface area contributed by atoms with E-state index in [0.29, 0.717) is 5.56 Å². The Morgan fingerprint density at radius 3 is 2.57 bits per heavy atom. The van der Waals surface area contributed by atoms with Gasteiger partial charge in [-0.3, -0.25) is 15.1 Å². The first-order chi connectivity index (χ1) is 9.75. The first-order valence-corrected chi connectivity index (χ1v) is 6.98. The van der Waals surface area contributed by atoms with Gasteiger partial charge in [0, 0.05) is 12.7 Å². The maximum atomic E-state index is 13.1. The molecule has 0 bridgehead atoms. The van der Waals surface area contributed by atoms with Crippen molar-refractivity contribution >= 4 is 28.5 Å². The number of halogens is 3. The summed E-state index contributed by atoms with van der Waals surface area (Å²) in [7, 11) is 0.966. The molecule has 114 valence electrons. The molecule has 8 heteroatoms. The van der Waals surface area contributed by atoms with Crippen molar-refractivity contribution in [2.45, 2.75) is 19.2 Å². The van der Waals surface area contributed by atoms with Gasteiger partial charge in [-0.1, -0.05) is 23.9 Å². The lowest BCUT2D eigenvalue weighted by molar-refractivity contribution is -0.215. The highest BCUT2D eigenvalue weighted by Crippen LogP contribution is 2.41. The van der Waals surface area contributed by atoms with Crippen LogP contribution < -0.4 is 4.90 Å². The molecule has 0 saturated carbocycles. The molecule has 1 fully saturated rings. The molecule has 1 atom stereocenters. The molecule has 1 amide bonds. The topological polar surface area (TPSA) is 53.4 Å². The summed E-state index contributed by atoms with van der Waals surface area (Å²) >= 11 is 0.987. The Kier molecular flexibility index (Phi) is 4.29.